The SMILES string of the molecule is CSCCOC(=O)c1ccc(OC2CCCC2)cc1. The Hall–Kier alpha value is -1.16. The highest BCUT2D eigenvalue weighted by atomic mass is 32.2. The van der Waals surface area contributed by atoms with Crippen LogP contribution in [0.2, 0.25) is 0 Å². The number of thioether (sulfide) groups is 1. The number of hydrogen-bond acceptors (Lipinski definition) is 4. The minimum atomic E-state index is -0.263. The van der Waals surface area contributed by atoms with Crippen molar-refractivity contribution < 1.29 is 14.3 Å². The molecule has 1 fully saturated rings. The second kappa shape index (κ2) is 7.43. The predicted octanol–water partition coefficient (Wildman–Crippen LogP) is 3.53. The van der Waals surface area contributed by atoms with Crippen LogP contribution in [-0.2, 0) is 4.74 Å². The van der Waals surface area contributed by atoms with Crippen molar-refractivity contribution in [2.24, 2.45) is 0 Å². The number of carbonyl (C=O) groups excluding carboxylic acids is 1. The number of hydrogen-bond donors (Lipinski definition) is 0. The average molecular weight is 280 g/mol. The van der Waals surface area contributed by atoms with Gasteiger partial charge in [-0.15, -0.1) is 0 Å². The topological polar surface area (TPSA) is 35.5 Å². The third kappa shape index (κ3) is 4.46. The molecule has 1 aromatic rings. The van der Waals surface area contributed by atoms with Crippen LogP contribution in [0.15, 0.2) is 24.3 Å². The van der Waals surface area contributed by atoms with Gasteiger partial charge in [0.05, 0.1) is 11.7 Å². The number of ether oxygens (including phenoxy) is 2. The molecule has 1 aliphatic rings. The van der Waals surface area contributed by atoms with E-state index < -0.39 is 0 Å². The molecule has 2 rings (SSSR count). The average Bonchev–Trinajstić information content (AvgIpc) is 2.93. The first kappa shape index (κ1) is 14.3. The standard InChI is InChI=1S/C15H20O3S/c1-19-11-10-17-15(16)12-6-8-14(9-7-12)18-13-4-2-3-5-13/h6-9,13H,2-5,10-11H2,1H3. The van der Waals surface area contributed by atoms with Crippen molar-refractivity contribution in [3.8, 4) is 5.75 Å². The fourth-order valence-corrected chi connectivity index (χ4v) is 2.42. The zero-order chi connectivity index (χ0) is 13.5. The molecule has 0 atom stereocenters. The molecule has 1 aromatic carbocycles. The highest BCUT2D eigenvalue weighted by Gasteiger charge is 2.16. The zero-order valence-corrected chi connectivity index (χ0v) is 12.1. The van der Waals surface area contributed by atoms with Crippen LogP contribution in [0.4, 0.5) is 0 Å². The molecule has 0 aromatic heterocycles. The second-order valence-corrected chi connectivity index (χ2v) is 5.66. The summed E-state index contributed by atoms with van der Waals surface area (Å²) < 4.78 is 11.0. The van der Waals surface area contributed by atoms with Crippen LogP contribution in [0.25, 0.3) is 0 Å². The molecule has 0 radical (unpaired) electrons. The maximum absolute atomic E-state index is 11.7. The van der Waals surface area contributed by atoms with Crippen LogP contribution in [0.3, 0.4) is 0 Å². The van der Waals surface area contributed by atoms with Gasteiger partial charge in [0.15, 0.2) is 0 Å². The molecule has 3 nitrogen and oxygen atoms in total. The summed E-state index contributed by atoms with van der Waals surface area (Å²) in [4.78, 5) is 11.7. The van der Waals surface area contributed by atoms with Gasteiger partial charge in [-0.1, -0.05) is 0 Å². The van der Waals surface area contributed by atoms with Gasteiger partial charge in [-0.2, -0.15) is 11.8 Å². The van der Waals surface area contributed by atoms with E-state index in [0.29, 0.717) is 18.3 Å². The van der Waals surface area contributed by atoms with Crippen LogP contribution >= 0.6 is 11.8 Å². The third-order valence-corrected chi connectivity index (χ3v) is 3.79. The largest absolute Gasteiger partial charge is 0.490 e. The predicted molar refractivity (Wildman–Crippen MR) is 78.0 cm³/mol. The van der Waals surface area contributed by atoms with Crippen LogP contribution in [-0.4, -0.2) is 30.7 Å². The molecule has 104 valence electrons. The molecule has 0 unspecified atom stereocenters. The molecular formula is C15H20O3S. The molecule has 1 saturated carbocycles. The van der Waals surface area contributed by atoms with E-state index in [1.54, 1.807) is 23.9 Å². The Morgan fingerprint density at radius 2 is 1.95 bits per heavy atom. The van der Waals surface area contributed by atoms with Gasteiger partial charge in [0.25, 0.3) is 0 Å². The van der Waals surface area contributed by atoms with Gasteiger partial charge >= 0.3 is 5.97 Å². The molecule has 0 bridgehead atoms. The number of esters is 1. The normalized spacial score (nSPS) is 15.4. The molecule has 1 aliphatic carbocycles. The van der Waals surface area contributed by atoms with Crippen molar-refractivity contribution in [1.29, 1.82) is 0 Å². The minimum Gasteiger partial charge on any atom is -0.490 e. The van der Waals surface area contributed by atoms with Crippen molar-refractivity contribution >= 4 is 17.7 Å². The van der Waals surface area contributed by atoms with Crippen LogP contribution in [0.5, 0.6) is 5.75 Å². The van der Waals surface area contributed by atoms with E-state index in [-0.39, 0.29) is 5.97 Å². The van der Waals surface area contributed by atoms with E-state index in [2.05, 4.69) is 0 Å². The lowest BCUT2D eigenvalue weighted by Crippen LogP contribution is -2.11. The van der Waals surface area contributed by atoms with E-state index in [1.165, 1.54) is 12.8 Å². The van der Waals surface area contributed by atoms with Crippen LogP contribution < -0.4 is 4.74 Å². The highest BCUT2D eigenvalue weighted by molar-refractivity contribution is 7.98. The third-order valence-electron chi connectivity index (χ3n) is 3.22. The first-order valence-electron chi connectivity index (χ1n) is 6.72. The lowest BCUT2D eigenvalue weighted by Gasteiger charge is -2.13. The Morgan fingerprint density at radius 3 is 2.58 bits per heavy atom. The summed E-state index contributed by atoms with van der Waals surface area (Å²) in [6.45, 7) is 0.459. The van der Waals surface area contributed by atoms with Crippen molar-refractivity contribution in [1.82, 2.24) is 0 Å². The molecule has 0 heterocycles. The van der Waals surface area contributed by atoms with E-state index in [4.69, 9.17) is 9.47 Å². The lowest BCUT2D eigenvalue weighted by molar-refractivity contribution is 0.0530. The van der Waals surface area contributed by atoms with Crippen molar-refractivity contribution in [3.63, 3.8) is 0 Å². The van der Waals surface area contributed by atoms with Crippen molar-refractivity contribution in [2.75, 3.05) is 18.6 Å². The Bertz CT molecular complexity index is 396. The fraction of sp³-hybridized carbons (Fsp3) is 0.533. The van der Waals surface area contributed by atoms with E-state index >= 15 is 0 Å². The van der Waals surface area contributed by atoms with Crippen LogP contribution in [0, 0.1) is 0 Å². The van der Waals surface area contributed by atoms with Crippen molar-refractivity contribution in [2.45, 2.75) is 31.8 Å². The molecule has 0 spiro atoms. The van der Waals surface area contributed by atoms with E-state index in [0.717, 1.165) is 24.3 Å². The van der Waals surface area contributed by atoms with E-state index in [9.17, 15) is 4.79 Å². The highest BCUT2D eigenvalue weighted by Crippen LogP contribution is 2.24. The first-order valence-corrected chi connectivity index (χ1v) is 8.12. The maximum Gasteiger partial charge on any atom is 0.338 e. The number of carbonyl (C=O) groups is 1. The van der Waals surface area contributed by atoms with Gasteiger partial charge in [0, 0.05) is 5.75 Å². The molecule has 0 aliphatic heterocycles. The maximum atomic E-state index is 11.7. The van der Waals surface area contributed by atoms with Crippen molar-refractivity contribution in [3.05, 3.63) is 29.8 Å². The summed E-state index contributed by atoms with van der Waals surface area (Å²) in [5.74, 6) is 1.41. The van der Waals surface area contributed by atoms with Gasteiger partial charge < -0.3 is 9.47 Å². The minimum absolute atomic E-state index is 0.263. The smallest absolute Gasteiger partial charge is 0.338 e. The molecule has 0 saturated heterocycles. The Balaban J connectivity index is 1.84. The summed E-state index contributed by atoms with van der Waals surface area (Å²) in [5.41, 5.74) is 0.583. The van der Waals surface area contributed by atoms with Crippen LogP contribution in [0.1, 0.15) is 36.0 Å². The summed E-state index contributed by atoms with van der Waals surface area (Å²) in [7, 11) is 0. The Morgan fingerprint density at radius 1 is 1.26 bits per heavy atom. The lowest BCUT2D eigenvalue weighted by atomic mass is 10.2. The molecule has 4 heteroatoms. The first-order chi connectivity index (χ1) is 9.29. The van der Waals surface area contributed by atoms with Gasteiger partial charge in [0.1, 0.15) is 12.4 Å². The number of benzene rings is 1. The Labute approximate surface area is 118 Å². The zero-order valence-electron chi connectivity index (χ0n) is 11.3. The summed E-state index contributed by atoms with van der Waals surface area (Å²) >= 11 is 1.66. The molecule has 19 heavy (non-hydrogen) atoms. The van der Waals surface area contributed by atoms with Gasteiger partial charge in [0.2, 0.25) is 0 Å². The monoisotopic (exact) mass is 280 g/mol. The van der Waals surface area contributed by atoms with Gasteiger partial charge in [-0.25, -0.2) is 4.79 Å². The summed E-state index contributed by atoms with van der Waals surface area (Å²) in [5, 5.41) is 0. The molecule has 0 amide bonds. The molecular weight excluding hydrogens is 260 g/mol. The van der Waals surface area contributed by atoms with Gasteiger partial charge in [-0.05, 0) is 56.2 Å². The fourth-order valence-electron chi connectivity index (χ4n) is 2.17. The second-order valence-electron chi connectivity index (χ2n) is 4.68. The van der Waals surface area contributed by atoms with E-state index in [1.807, 2.05) is 18.4 Å². The van der Waals surface area contributed by atoms with Gasteiger partial charge in [-0.3, -0.25) is 0 Å². The number of rotatable bonds is 6. The molecule has 0 N–H and O–H groups in total. The summed E-state index contributed by atoms with van der Waals surface area (Å²) in [6.07, 6.45) is 7.12. The quantitative estimate of drug-likeness (QED) is 0.590. The summed E-state index contributed by atoms with van der Waals surface area (Å²) in [6, 6.07) is 7.24. The Kier molecular flexibility index (Phi) is 5.58.